The highest BCUT2D eigenvalue weighted by Crippen LogP contribution is 2.32. The lowest BCUT2D eigenvalue weighted by Gasteiger charge is -2.10. The lowest BCUT2D eigenvalue weighted by atomic mass is 10.2. The summed E-state index contributed by atoms with van der Waals surface area (Å²) in [5.41, 5.74) is 0.447. The van der Waals surface area contributed by atoms with Crippen molar-refractivity contribution in [3.05, 3.63) is 34.8 Å². The van der Waals surface area contributed by atoms with Crippen molar-refractivity contribution >= 4 is 22.2 Å². The van der Waals surface area contributed by atoms with E-state index in [4.69, 9.17) is 9.47 Å². The standard InChI is InChI=1S/C11H11BrO3/c1-3-4-15-11-8(7-13)5-9(14-2)6-10(11)12/h3,5-7H,1,4H2,2H3. The Morgan fingerprint density at radius 3 is 2.80 bits per heavy atom. The van der Waals surface area contributed by atoms with Gasteiger partial charge in [-0.3, -0.25) is 4.79 Å². The Morgan fingerprint density at radius 2 is 2.27 bits per heavy atom. The quantitative estimate of drug-likeness (QED) is 0.610. The van der Waals surface area contributed by atoms with E-state index in [1.807, 2.05) is 0 Å². The molecular weight excluding hydrogens is 260 g/mol. The fraction of sp³-hybridized carbons (Fsp3) is 0.182. The van der Waals surface area contributed by atoms with E-state index in [1.165, 1.54) is 0 Å². The summed E-state index contributed by atoms with van der Waals surface area (Å²) in [6, 6.07) is 3.36. The van der Waals surface area contributed by atoms with Crippen LogP contribution in [0.2, 0.25) is 0 Å². The Labute approximate surface area is 96.8 Å². The first-order valence-corrected chi connectivity index (χ1v) is 5.08. The third-order valence-electron chi connectivity index (χ3n) is 1.75. The maximum absolute atomic E-state index is 10.8. The molecule has 0 saturated carbocycles. The zero-order chi connectivity index (χ0) is 11.3. The number of hydrogen-bond donors (Lipinski definition) is 0. The van der Waals surface area contributed by atoms with E-state index >= 15 is 0 Å². The molecular formula is C11H11BrO3. The smallest absolute Gasteiger partial charge is 0.153 e. The van der Waals surface area contributed by atoms with Crippen molar-refractivity contribution < 1.29 is 14.3 Å². The molecule has 0 aliphatic heterocycles. The zero-order valence-electron chi connectivity index (χ0n) is 8.33. The van der Waals surface area contributed by atoms with Gasteiger partial charge in [-0.05, 0) is 28.1 Å². The van der Waals surface area contributed by atoms with E-state index < -0.39 is 0 Å². The molecule has 0 bridgehead atoms. The summed E-state index contributed by atoms with van der Waals surface area (Å²) < 4.78 is 11.1. The van der Waals surface area contributed by atoms with Gasteiger partial charge in [0.05, 0.1) is 17.1 Å². The molecule has 0 aromatic heterocycles. The normalized spacial score (nSPS) is 9.47. The van der Waals surface area contributed by atoms with Crippen molar-refractivity contribution in [1.82, 2.24) is 0 Å². The van der Waals surface area contributed by atoms with Gasteiger partial charge in [-0.15, -0.1) is 0 Å². The topological polar surface area (TPSA) is 35.5 Å². The van der Waals surface area contributed by atoms with Crippen LogP contribution in [0.3, 0.4) is 0 Å². The van der Waals surface area contributed by atoms with E-state index in [9.17, 15) is 4.79 Å². The van der Waals surface area contributed by atoms with Crippen molar-refractivity contribution in [2.24, 2.45) is 0 Å². The highest BCUT2D eigenvalue weighted by atomic mass is 79.9. The number of halogens is 1. The fourth-order valence-electron chi connectivity index (χ4n) is 1.09. The summed E-state index contributed by atoms with van der Waals surface area (Å²) >= 11 is 3.31. The van der Waals surface area contributed by atoms with E-state index in [2.05, 4.69) is 22.5 Å². The molecule has 1 aromatic carbocycles. The fourth-order valence-corrected chi connectivity index (χ4v) is 1.66. The highest BCUT2D eigenvalue weighted by molar-refractivity contribution is 9.10. The first-order chi connectivity index (χ1) is 7.22. The van der Waals surface area contributed by atoms with Gasteiger partial charge in [-0.25, -0.2) is 0 Å². The minimum Gasteiger partial charge on any atom is -0.497 e. The Kier molecular flexibility index (Phi) is 4.37. The van der Waals surface area contributed by atoms with Gasteiger partial charge < -0.3 is 9.47 Å². The maximum atomic E-state index is 10.8. The number of aldehydes is 1. The number of rotatable bonds is 5. The van der Waals surface area contributed by atoms with Crippen molar-refractivity contribution in [2.45, 2.75) is 0 Å². The number of methoxy groups -OCH3 is 1. The van der Waals surface area contributed by atoms with Gasteiger partial charge in [-0.2, -0.15) is 0 Å². The van der Waals surface area contributed by atoms with Gasteiger partial charge in [0.1, 0.15) is 18.1 Å². The third kappa shape index (κ3) is 2.83. The molecule has 0 N–H and O–H groups in total. The minimum absolute atomic E-state index is 0.353. The predicted molar refractivity (Wildman–Crippen MR) is 61.8 cm³/mol. The second kappa shape index (κ2) is 5.56. The van der Waals surface area contributed by atoms with Crippen LogP contribution in [-0.4, -0.2) is 20.0 Å². The Hall–Kier alpha value is -1.29. The summed E-state index contributed by atoms with van der Waals surface area (Å²) in [5.74, 6) is 1.11. The largest absolute Gasteiger partial charge is 0.497 e. The Balaban J connectivity index is 3.12. The first kappa shape index (κ1) is 11.8. The molecule has 1 aromatic rings. The number of carbonyl (C=O) groups is 1. The van der Waals surface area contributed by atoms with Crippen molar-refractivity contribution in [3.63, 3.8) is 0 Å². The molecule has 1 rings (SSSR count). The van der Waals surface area contributed by atoms with Gasteiger partial charge in [0, 0.05) is 0 Å². The summed E-state index contributed by atoms with van der Waals surface area (Å²) in [4.78, 5) is 10.8. The molecule has 3 nitrogen and oxygen atoms in total. The van der Waals surface area contributed by atoms with Crippen molar-refractivity contribution in [1.29, 1.82) is 0 Å². The van der Waals surface area contributed by atoms with Crippen molar-refractivity contribution in [3.8, 4) is 11.5 Å². The van der Waals surface area contributed by atoms with Crippen LogP contribution in [-0.2, 0) is 0 Å². The van der Waals surface area contributed by atoms with Crippen LogP contribution in [0.5, 0.6) is 11.5 Å². The molecule has 0 radical (unpaired) electrons. The monoisotopic (exact) mass is 270 g/mol. The molecule has 0 aliphatic rings. The van der Waals surface area contributed by atoms with E-state index in [0.717, 1.165) is 6.29 Å². The van der Waals surface area contributed by atoms with E-state index in [0.29, 0.717) is 28.1 Å². The van der Waals surface area contributed by atoms with Crippen LogP contribution in [0, 0.1) is 0 Å². The molecule has 0 amide bonds. The second-order valence-corrected chi connectivity index (χ2v) is 3.60. The average molecular weight is 271 g/mol. The number of benzene rings is 1. The van der Waals surface area contributed by atoms with Gasteiger partial charge in [0.25, 0.3) is 0 Å². The van der Waals surface area contributed by atoms with E-state index in [1.54, 1.807) is 25.3 Å². The molecule has 4 heteroatoms. The number of ether oxygens (including phenoxy) is 2. The molecule has 0 heterocycles. The summed E-state index contributed by atoms with van der Waals surface area (Å²) in [6.45, 7) is 3.89. The van der Waals surface area contributed by atoms with E-state index in [-0.39, 0.29) is 0 Å². The molecule has 0 unspecified atom stereocenters. The molecule has 0 saturated heterocycles. The van der Waals surface area contributed by atoms with Crippen LogP contribution in [0.25, 0.3) is 0 Å². The summed E-state index contributed by atoms with van der Waals surface area (Å²) in [5, 5.41) is 0. The minimum atomic E-state index is 0.353. The van der Waals surface area contributed by atoms with Gasteiger partial charge in [0.15, 0.2) is 6.29 Å². The molecule has 0 aliphatic carbocycles. The van der Waals surface area contributed by atoms with Gasteiger partial charge >= 0.3 is 0 Å². The number of carbonyl (C=O) groups excluding carboxylic acids is 1. The number of hydrogen-bond acceptors (Lipinski definition) is 3. The van der Waals surface area contributed by atoms with Crippen LogP contribution in [0.1, 0.15) is 10.4 Å². The van der Waals surface area contributed by atoms with Gasteiger partial charge in [0.2, 0.25) is 0 Å². The Morgan fingerprint density at radius 1 is 1.53 bits per heavy atom. The molecule has 0 fully saturated rings. The molecule has 15 heavy (non-hydrogen) atoms. The van der Waals surface area contributed by atoms with Crippen LogP contribution in [0.4, 0.5) is 0 Å². The zero-order valence-corrected chi connectivity index (χ0v) is 9.91. The second-order valence-electron chi connectivity index (χ2n) is 2.75. The van der Waals surface area contributed by atoms with Gasteiger partial charge in [-0.1, -0.05) is 12.7 Å². The summed E-state index contributed by atoms with van der Waals surface area (Å²) in [6.07, 6.45) is 2.34. The Bertz CT molecular complexity index is 374. The van der Waals surface area contributed by atoms with Crippen LogP contribution >= 0.6 is 15.9 Å². The van der Waals surface area contributed by atoms with Crippen LogP contribution < -0.4 is 9.47 Å². The predicted octanol–water partition coefficient (Wildman–Crippen LogP) is 2.84. The first-order valence-electron chi connectivity index (χ1n) is 4.29. The van der Waals surface area contributed by atoms with Crippen molar-refractivity contribution in [2.75, 3.05) is 13.7 Å². The molecule has 0 atom stereocenters. The molecule has 80 valence electrons. The molecule has 0 spiro atoms. The SMILES string of the molecule is C=CCOc1c(Br)cc(OC)cc1C=O. The average Bonchev–Trinajstić information content (AvgIpc) is 2.26. The maximum Gasteiger partial charge on any atom is 0.153 e. The highest BCUT2D eigenvalue weighted by Gasteiger charge is 2.10. The lowest BCUT2D eigenvalue weighted by Crippen LogP contribution is -1.98. The third-order valence-corrected chi connectivity index (χ3v) is 2.34. The summed E-state index contributed by atoms with van der Waals surface area (Å²) in [7, 11) is 1.54. The van der Waals surface area contributed by atoms with Crippen LogP contribution in [0.15, 0.2) is 29.3 Å². The lowest BCUT2D eigenvalue weighted by molar-refractivity contribution is 0.111.